The Bertz CT molecular complexity index is 608. The number of hydrogen-bond acceptors (Lipinski definition) is 2. The summed E-state index contributed by atoms with van der Waals surface area (Å²) in [4.78, 5) is 0. The normalized spacial score (nSPS) is 10.6. The van der Waals surface area contributed by atoms with E-state index in [2.05, 4.69) is 19.1 Å². The minimum Gasteiger partial charge on any atom is -0.496 e. The Balaban J connectivity index is 2.62. The van der Waals surface area contributed by atoms with Crippen molar-refractivity contribution in [3.05, 3.63) is 52.0 Å². The number of benzene rings is 2. The predicted molar refractivity (Wildman–Crippen MR) is 80.8 cm³/mol. The van der Waals surface area contributed by atoms with Gasteiger partial charge in [-0.05, 0) is 65.9 Å². The Hall–Kier alpha value is -1.51. The molecular formula is C16H18ClNO. The number of ether oxygens (including phenoxy) is 1. The molecule has 0 saturated carbocycles. The van der Waals surface area contributed by atoms with E-state index in [1.54, 1.807) is 7.11 Å². The Kier molecular flexibility index (Phi) is 4.13. The van der Waals surface area contributed by atoms with Crippen LogP contribution in [0.4, 0.5) is 0 Å². The summed E-state index contributed by atoms with van der Waals surface area (Å²) in [5, 5.41) is 0.715. The van der Waals surface area contributed by atoms with Crippen LogP contribution >= 0.6 is 11.6 Å². The van der Waals surface area contributed by atoms with E-state index >= 15 is 0 Å². The van der Waals surface area contributed by atoms with E-state index < -0.39 is 0 Å². The Morgan fingerprint density at radius 1 is 1.05 bits per heavy atom. The lowest BCUT2D eigenvalue weighted by Crippen LogP contribution is -2.00. The van der Waals surface area contributed by atoms with Gasteiger partial charge in [-0.2, -0.15) is 0 Å². The first-order valence-electron chi connectivity index (χ1n) is 6.21. The summed E-state index contributed by atoms with van der Waals surface area (Å²) in [7, 11) is 1.69. The summed E-state index contributed by atoms with van der Waals surface area (Å²) in [6.07, 6.45) is 0. The molecule has 0 bridgehead atoms. The van der Waals surface area contributed by atoms with E-state index in [4.69, 9.17) is 22.1 Å². The molecule has 19 heavy (non-hydrogen) atoms. The maximum atomic E-state index is 6.03. The van der Waals surface area contributed by atoms with Crippen LogP contribution in [0, 0.1) is 13.8 Å². The van der Waals surface area contributed by atoms with Crippen molar-refractivity contribution in [1.29, 1.82) is 0 Å². The first kappa shape index (κ1) is 13.9. The van der Waals surface area contributed by atoms with E-state index in [0.717, 1.165) is 22.4 Å². The summed E-state index contributed by atoms with van der Waals surface area (Å²) in [6, 6.07) is 10.0. The van der Waals surface area contributed by atoms with Crippen LogP contribution in [0.5, 0.6) is 5.75 Å². The Labute approximate surface area is 119 Å². The molecule has 0 aromatic heterocycles. The SMILES string of the molecule is COc1cc(C)c(-c2ccc(Cl)cc2CN)cc1C. The molecular weight excluding hydrogens is 258 g/mol. The van der Waals surface area contributed by atoms with Gasteiger partial charge in [-0.1, -0.05) is 17.7 Å². The number of nitrogens with two attached hydrogens (primary N) is 1. The van der Waals surface area contributed by atoms with Gasteiger partial charge < -0.3 is 10.5 Å². The minimum absolute atomic E-state index is 0.473. The summed E-state index contributed by atoms with van der Waals surface area (Å²) < 4.78 is 5.35. The largest absolute Gasteiger partial charge is 0.496 e. The van der Waals surface area contributed by atoms with Crippen LogP contribution in [-0.2, 0) is 6.54 Å². The number of aryl methyl sites for hydroxylation is 2. The van der Waals surface area contributed by atoms with E-state index in [9.17, 15) is 0 Å². The van der Waals surface area contributed by atoms with Crippen molar-refractivity contribution in [2.45, 2.75) is 20.4 Å². The van der Waals surface area contributed by atoms with Gasteiger partial charge in [-0.3, -0.25) is 0 Å². The van der Waals surface area contributed by atoms with Crippen molar-refractivity contribution in [3.8, 4) is 16.9 Å². The number of rotatable bonds is 3. The van der Waals surface area contributed by atoms with Crippen molar-refractivity contribution in [1.82, 2.24) is 0 Å². The fourth-order valence-electron chi connectivity index (χ4n) is 2.29. The van der Waals surface area contributed by atoms with Gasteiger partial charge in [-0.15, -0.1) is 0 Å². The van der Waals surface area contributed by atoms with Crippen LogP contribution < -0.4 is 10.5 Å². The summed E-state index contributed by atoms with van der Waals surface area (Å²) in [5.41, 5.74) is 11.5. The van der Waals surface area contributed by atoms with Crippen molar-refractivity contribution in [2.75, 3.05) is 7.11 Å². The molecule has 0 fully saturated rings. The zero-order valence-corrected chi connectivity index (χ0v) is 12.2. The van der Waals surface area contributed by atoms with Crippen molar-refractivity contribution < 1.29 is 4.74 Å². The molecule has 0 saturated heterocycles. The van der Waals surface area contributed by atoms with Gasteiger partial charge >= 0.3 is 0 Å². The molecule has 2 rings (SSSR count). The lowest BCUT2D eigenvalue weighted by atomic mass is 9.94. The van der Waals surface area contributed by atoms with E-state index in [1.807, 2.05) is 25.1 Å². The van der Waals surface area contributed by atoms with Gasteiger partial charge in [0.15, 0.2) is 0 Å². The Morgan fingerprint density at radius 2 is 1.79 bits per heavy atom. The van der Waals surface area contributed by atoms with Crippen LogP contribution in [0.15, 0.2) is 30.3 Å². The van der Waals surface area contributed by atoms with Gasteiger partial charge in [0, 0.05) is 11.6 Å². The van der Waals surface area contributed by atoms with Crippen LogP contribution in [-0.4, -0.2) is 7.11 Å². The molecule has 0 heterocycles. The van der Waals surface area contributed by atoms with E-state index in [0.29, 0.717) is 11.6 Å². The average molecular weight is 276 g/mol. The fraction of sp³-hybridized carbons (Fsp3) is 0.250. The molecule has 0 radical (unpaired) electrons. The molecule has 3 heteroatoms. The van der Waals surface area contributed by atoms with Gasteiger partial charge in [0.2, 0.25) is 0 Å². The van der Waals surface area contributed by atoms with Crippen molar-refractivity contribution in [3.63, 3.8) is 0 Å². The third-order valence-electron chi connectivity index (χ3n) is 3.32. The van der Waals surface area contributed by atoms with Crippen molar-refractivity contribution >= 4 is 11.6 Å². The number of halogens is 1. The zero-order valence-electron chi connectivity index (χ0n) is 11.5. The monoisotopic (exact) mass is 275 g/mol. The summed E-state index contributed by atoms with van der Waals surface area (Å²) in [6.45, 7) is 4.59. The molecule has 2 aromatic rings. The first-order chi connectivity index (χ1) is 9.06. The standard InChI is InChI=1S/C16H18ClNO/c1-10-7-16(19-3)11(2)6-15(10)14-5-4-13(17)8-12(14)9-18/h4-8H,9,18H2,1-3H3. The zero-order chi connectivity index (χ0) is 14.0. The molecule has 0 aliphatic heterocycles. The molecule has 2 nitrogen and oxygen atoms in total. The maximum absolute atomic E-state index is 6.03. The third-order valence-corrected chi connectivity index (χ3v) is 3.55. The van der Waals surface area contributed by atoms with Crippen molar-refractivity contribution in [2.24, 2.45) is 5.73 Å². The van der Waals surface area contributed by atoms with Gasteiger partial charge in [0.25, 0.3) is 0 Å². The second kappa shape index (κ2) is 5.64. The lowest BCUT2D eigenvalue weighted by Gasteiger charge is -2.14. The van der Waals surface area contributed by atoms with E-state index in [1.165, 1.54) is 11.1 Å². The van der Waals surface area contributed by atoms with Crippen LogP contribution in [0.1, 0.15) is 16.7 Å². The first-order valence-corrected chi connectivity index (χ1v) is 6.58. The smallest absolute Gasteiger partial charge is 0.122 e. The molecule has 0 spiro atoms. The highest BCUT2D eigenvalue weighted by Gasteiger charge is 2.10. The molecule has 0 aliphatic carbocycles. The average Bonchev–Trinajstić information content (AvgIpc) is 2.41. The van der Waals surface area contributed by atoms with Crippen LogP contribution in [0.3, 0.4) is 0 Å². The molecule has 0 atom stereocenters. The predicted octanol–water partition coefficient (Wildman–Crippen LogP) is 4.09. The number of methoxy groups -OCH3 is 1. The Morgan fingerprint density at radius 3 is 2.42 bits per heavy atom. The fourth-order valence-corrected chi connectivity index (χ4v) is 2.49. The van der Waals surface area contributed by atoms with Crippen LogP contribution in [0.2, 0.25) is 5.02 Å². The van der Waals surface area contributed by atoms with Gasteiger partial charge in [0.05, 0.1) is 7.11 Å². The second-order valence-corrected chi connectivity index (χ2v) is 5.08. The summed E-state index contributed by atoms with van der Waals surface area (Å²) in [5.74, 6) is 0.907. The highest BCUT2D eigenvalue weighted by molar-refractivity contribution is 6.30. The van der Waals surface area contributed by atoms with Crippen LogP contribution in [0.25, 0.3) is 11.1 Å². The minimum atomic E-state index is 0.473. The quantitative estimate of drug-likeness (QED) is 0.916. The molecule has 0 amide bonds. The topological polar surface area (TPSA) is 35.2 Å². The molecule has 0 unspecified atom stereocenters. The molecule has 2 N–H and O–H groups in total. The third kappa shape index (κ3) is 2.75. The maximum Gasteiger partial charge on any atom is 0.122 e. The lowest BCUT2D eigenvalue weighted by molar-refractivity contribution is 0.411. The van der Waals surface area contributed by atoms with Gasteiger partial charge in [0.1, 0.15) is 5.75 Å². The second-order valence-electron chi connectivity index (χ2n) is 4.64. The molecule has 100 valence electrons. The molecule has 2 aromatic carbocycles. The highest BCUT2D eigenvalue weighted by atomic mass is 35.5. The number of hydrogen-bond donors (Lipinski definition) is 1. The van der Waals surface area contributed by atoms with E-state index in [-0.39, 0.29) is 0 Å². The summed E-state index contributed by atoms with van der Waals surface area (Å²) >= 11 is 6.03. The van der Waals surface area contributed by atoms with Gasteiger partial charge in [-0.25, -0.2) is 0 Å². The molecule has 0 aliphatic rings. The highest BCUT2D eigenvalue weighted by Crippen LogP contribution is 2.33.